The molecule has 2 aromatic rings. The molecule has 1 aromatic heterocycles. The molecule has 28 heavy (non-hydrogen) atoms. The van der Waals surface area contributed by atoms with Crippen LogP contribution in [0.15, 0.2) is 29.5 Å². The minimum atomic E-state index is 0. The Morgan fingerprint density at radius 2 is 2.00 bits per heavy atom. The van der Waals surface area contributed by atoms with Gasteiger partial charge in [0.15, 0.2) is 17.5 Å². The Labute approximate surface area is 184 Å². The van der Waals surface area contributed by atoms with E-state index in [1.807, 2.05) is 19.2 Å². The number of guanidine groups is 1. The maximum absolute atomic E-state index is 5.37. The van der Waals surface area contributed by atoms with Crippen LogP contribution in [0.2, 0.25) is 0 Å². The molecule has 0 atom stereocenters. The van der Waals surface area contributed by atoms with Gasteiger partial charge in [-0.1, -0.05) is 13.0 Å². The first-order valence-electron chi connectivity index (χ1n) is 9.12. The third-order valence-corrected chi connectivity index (χ3v) is 4.40. The number of rotatable bonds is 9. The summed E-state index contributed by atoms with van der Waals surface area (Å²) in [6, 6.07) is 6.01. The fourth-order valence-corrected chi connectivity index (χ4v) is 2.85. The van der Waals surface area contributed by atoms with Crippen molar-refractivity contribution in [3.05, 3.63) is 35.9 Å². The molecule has 0 aliphatic carbocycles. The number of nitrogens with zero attached hydrogens (tertiary/aromatic N) is 5. The number of halogens is 1. The Morgan fingerprint density at radius 3 is 2.64 bits per heavy atom. The molecule has 8 nitrogen and oxygen atoms in total. The topological polar surface area (TPSA) is 76.8 Å². The molecule has 9 heteroatoms. The van der Waals surface area contributed by atoms with Crippen LogP contribution in [0.5, 0.6) is 11.5 Å². The van der Waals surface area contributed by atoms with Gasteiger partial charge >= 0.3 is 0 Å². The average Bonchev–Trinajstić information content (AvgIpc) is 3.16. The molecule has 0 spiro atoms. The van der Waals surface area contributed by atoms with Crippen molar-refractivity contribution in [1.29, 1.82) is 0 Å². The van der Waals surface area contributed by atoms with Crippen molar-refractivity contribution in [3.8, 4) is 11.5 Å². The lowest BCUT2D eigenvalue weighted by Crippen LogP contribution is -2.41. The molecule has 0 fully saturated rings. The zero-order valence-corrected chi connectivity index (χ0v) is 19.6. The summed E-state index contributed by atoms with van der Waals surface area (Å²) in [7, 11) is 7.13. The highest BCUT2D eigenvalue weighted by Gasteiger charge is 2.09. The highest BCUT2D eigenvalue weighted by atomic mass is 127. The van der Waals surface area contributed by atoms with Crippen LogP contribution in [0, 0.1) is 0 Å². The van der Waals surface area contributed by atoms with Gasteiger partial charge in [0.05, 0.1) is 14.2 Å². The summed E-state index contributed by atoms with van der Waals surface area (Å²) in [4.78, 5) is 6.48. The van der Waals surface area contributed by atoms with Crippen molar-refractivity contribution >= 4 is 29.9 Å². The van der Waals surface area contributed by atoms with Crippen molar-refractivity contribution in [2.75, 3.05) is 41.4 Å². The Balaban J connectivity index is 0.00000392. The third kappa shape index (κ3) is 6.54. The van der Waals surface area contributed by atoms with Gasteiger partial charge in [-0.2, -0.15) is 0 Å². The molecule has 1 heterocycles. The molecular weight excluding hydrogens is 471 g/mol. The van der Waals surface area contributed by atoms with E-state index in [9.17, 15) is 0 Å². The highest BCUT2D eigenvalue weighted by molar-refractivity contribution is 14.0. The van der Waals surface area contributed by atoms with Crippen LogP contribution in [0.1, 0.15) is 18.3 Å². The number of likely N-dealkylation sites (N-methyl/N-ethyl adjacent to an activating group) is 1. The van der Waals surface area contributed by atoms with E-state index < -0.39 is 0 Å². The molecule has 0 radical (unpaired) electrons. The molecule has 1 aromatic carbocycles. The van der Waals surface area contributed by atoms with Crippen molar-refractivity contribution < 1.29 is 9.47 Å². The standard InChI is InChI=1S/C19H30N6O2.HI/c1-6-18-23-22-14-25(18)12-10-21-19(20-2)24(3)11-9-15-7-8-16(26-4)17(13-15)27-5;/h7-8,13-14H,6,9-12H2,1-5H3,(H,20,21);1H. The Kier molecular flexibility index (Phi) is 10.6. The molecule has 0 unspecified atom stereocenters. The summed E-state index contributed by atoms with van der Waals surface area (Å²) < 4.78 is 12.7. The molecule has 0 aliphatic heterocycles. The van der Waals surface area contributed by atoms with E-state index in [1.54, 1.807) is 27.6 Å². The van der Waals surface area contributed by atoms with Gasteiger partial charge < -0.3 is 24.3 Å². The van der Waals surface area contributed by atoms with Gasteiger partial charge in [0, 0.05) is 40.2 Å². The predicted molar refractivity (Wildman–Crippen MR) is 122 cm³/mol. The Bertz CT molecular complexity index is 750. The van der Waals surface area contributed by atoms with Crippen LogP contribution in [-0.2, 0) is 19.4 Å². The molecule has 0 amide bonds. The van der Waals surface area contributed by atoms with Gasteiger partial charge in [-0.3, -0.25) is 4.99 Å². The van der Waals surface area contributed by atoms with Gasteiger partial charge in [-0.05, 0) is 24.1 Å². The number of benzene rings is 1. The number of aromatic nitrogens is 3. The quantitative estimate of drug-likeness (QED) is 0.322. The number of hydrogen-bond acceptors (Lipinski definition) is 5. The van der Waals surface area contributed by atoms with E-state index in [0.717, 1.165) is 55.8 Å². The monoisotopic (exact) mass is 502 g/mol. The Morgan fingerprint density at radius 1 is 1.25 bits per heavy atom. The number of ether oxygens (including phenoxy) is 2. The minimum Gasteiger partial charge on any atom is -0.493 e. The van der Waals surface area contributed by atoms with Gasteiger partial charge in [0.1, 0.15) is 12.2 Å². The van der Waals surface area contributed by atoms with Crippen LogP contribution >= 0.6 is 24.0 Å². The van der Waals surface area contributed by atoms with Gasteiger partial charge in [0.25, 0.3) is 0 Å². The molecule has 0 saturated heterocycles. The lowest BCUT2D eigenvalue weighted by molar-refractivity contribution is 0.354. The molecule has 2 rings (SSSR count). The number of hydrogen-bond donors (Lipinski definition) is 1. The van der Waals surface area contributed by atoms with Crippen molar-refractivity contribution in [2.24, 2.45) is 4.99 Å². The van der Waals surface area contributed by atoms with Crippen LogP contribution in [0.4, 0.5) is 0 Å². The number of aliphatic imine (C=N–C) groups is 1. The highest BCUT2D eigenvalue weighted by Crippen LogP contribution is 2.27. The summed E-state index contributed by atoms with van der Waals surface area (Å²) in [5, 5.41) is 11.5. The van der Waals surface area contributed by atoms with Crippen molar-refractivity contribution in [2.45, 2.75) is 26.3 Å². The molecule has 156 valence electrons. The van der Waals surface area contributed by atoms with Crippen LogP contribution in [-0.4, -0.2) is 67.0 Å². The van der Waals surface area contributed by atoms with Crippen molar-refractivity contribution in [1.82, 2.24) is 25.0 Å². The summed E-state index contributed by atoms with van der Waals surface area (Å²) in [5.74, 6) is 3.35. The lowest BCUT2D eigenvalue weighted by atomic mass is 10.1. The first-order valence-corrected chi connectivity index (χ1v) is 9.12. The lowest BCUT2D eigenvalue weighted by Gasteiger charge is -2.22. The maximum Gasteiger partial charge on any atom is 0.193 e. The number of methoxy groups -OCH3 is 2. The second-order valence-corrected chi connectivity index (χ2v) is 6.13. The summed E-state index contributed by atoms with van der Waals surface area (Å²) in [6.45, 7) is 4.48. The molecule has 0 aliphatic rings. The Hall–Kier alpha value is -2.04. The summed E-state index contributed by atoms with van der Waals surface area (Å²) in [5.41, 5.74) is 1.19. The van der Waals surface area contributed by atoms with Crippen LogP contribution in [0.25, 0.3) is 0 Å². The van der Waals surface area contributed by atoms with Crippen LogP contribution in [0.3, 0.4) is 0 Å². The average molecular weight is 502 g/mol. The van der Waals surface area contributed by atoms with E-state index in [0.29, 0.717) is 0 Å². The van der Waals surface area contributed by atoms with E-state index >= 15 is 0 Å². The van der Waals surface area contributed by atoms with Crippen molar-refractivity contribution in [3.63, 3.8) is 0 Å². The number of nitrogens with one attached hydrogen (secondary N) is 1. The van der Waals surface area contributed by atoms with E-state index in [1.165, 1.54) is 5.56 Å². The first-order chi connectivity index (χ1) is 13.1. The molecular formula is C19H31IN6O2. The van der Waals surface area contributed by atoms with E-state index in [2.05, 4.69) is 43.0 Å². The second kappa shape index (κ2) is 12.4. The molecule has 0 saturated carbocycles. The molecule has 0 bridgehead atoms. The SMILES string of the molecule is CCc1nncn1CCNC(=NC)N(C)CCc1ccc(OC)c(OC)c1.I. The zero-order valence-electron chi connectivity index (χ0n) is 17.3. The predicted octanol–water partition coefficient (Wildman–Crippen LogP) is 2.23. The van der Waals surface area contributed by atoms with E-state index in [4.69, 9.17) is 9.47 Å². The van der Waals surface area contributed by atoms with Crippen LogP contribution < -0.4 is 14.8 Å². The van der Waals surface area contributed by atoms with Gasteiger partial charge in [-0.25, -0.2) is 0 Å². The van der Waals surface area contributed by atoms with Gasteiger partial charge in [-0.15, -0.1) is 34.2 Å². The van der Waals surface area contributed by atoms with E-state index in [-0.39, 0.29) is 24.0 Å². The fraction of sp³-hybridized carbons (Fsp3) is 0.526. The van der Waals surface area contributed by atoms with Gasteiger partial charge in [0.2, 0.25) is 0 Å². The third-order valence-electron chi connectivity index (χ3n) is 4.40. The zero-order chi connectivity index (χ0) is 19.6. The fourth-order valence-electron chi connectivity index (χ4n) is 2.85. The summed E-state index contributed by atoms with van der Waals surface area (Å²) >= 11 is 0. The minimum absolute atomic E-state index is 0. The normalized spacial score (nSPS) is 11.0. The maximum atomic E-state index is 5.37. The summed E-state index contributed by atoms with van der Waals surface area (Å²) in [6.07, 6.45) is 3.52. The molecule has 1 N–H and O–H groups in total. The first kappa shape index (κ1) is 24.0. The second-order valence-electron chi connectivity index (χ2n) is 6.13. The largest absolute Gasteiger partial charge is 0.493 e. The number of aryl methyl sites for hydroxylation is 1. The smallest absolute Gasteiger partial charge is 0.193 e.